The van der Waals surface area contributed by atoms with Gasteiger partial charge in [0.1, 0.15) is 5.75 Å². The molecule has 1 aliphatic rings. The lowest BCUT2D eigenvalue weighted by Crippen LogP contribution is -2.32. The fraction of sp³-hybridized carbons (Fsp3) is 0.364. The SMILES string of the molecule is CCCNC1=NSc2cc(OC)ccc2N1. The molecular formula is C11H15N3OS. The zero-order chi connectivity index (χ0) is 11.4. The van der Waals surface area contributed by atoms with Crippen LogP contribution < -0.4 is 15.4 Å². The third-order valence-corrected chi connectivity index (χ3v) is 3.03. The molecule has 2 rings (SSSR count). The lowest BCUT2D eigenvalue weighted by molar-refractivity contribution is 0.414. The molecule has 0 saturated heterocycles. The third-order valence-electron chi connectivity index (χ3n) is 2.22. The second kappa shape index (κ2) is 5.12. The average molecular weight is 237 g/mol. The fourth-order valence-electron chi connectivity index (χ4n) is 1.37. The molecule has 0 aliphatic carbocycles. The minimum Gasteiger partial charge on any atom is -0.497 e. The molecule has 1 aliphatic heterocycles. The predicted molar refractivity (Wildman–Crippen MR) is 68.2 cm³/mol. The van der Waals surface area contributed by atoms with Crippen molar-refractivity contribution in [1.29, 1.82) is 0 Å². The number of nitrogens with zero attached hydrogens (tertiary/aromatic N) is 1. The number of ether oxygens (including phenoxy) is 1. The summed E-state index contributed by atoms with van der Waals surface area (Å²) in [5, 5.41) is 6.47. The molecule has 1 aromatic carbocycles. The highest BCUT2D eigenvalue weighted by molar-refractivity contribution is 7.98. The maximum Gasteiger partial charge on any atom is 0.207 e. The van der Waals surface area contributed by atoms with Gasteiger partial charge in [0, 0.05) is 18.5 Å². The van der Waals surface area contributed by atoms with Crippen LogP contribution in [-0.4, -0.2) is 19.6 Å². The minimum atomic E-state index is 0.824. The van der Waals surface area contributed by atoms with Gasteiger partial charge < -0.3 is 15.4 Å². The van der Waals surface area contributed by atoms with Gasteiger partial charge in [0.25, 0.3) is 0 Å². The topological polar surface area (TPSA) is 45.7 Å². The van der Waals surface area contributed by atoms with E-state index in [1.165, 1.54) is 11.9 Å². The van der Waals surface area contributed by atoms with E-state index in [0.717, 1.165) is 35.3 Å². The van der Waals surface area contributed by atoms with Crippen molar-refractivity contribution in [1.82, 2.24) is 5.32 Å². The first-order valence-electron chi connectivity index (χ1n) is 5.27. The van der Waals surface area contributed by atoms with Crippen molar-refractivity contribution >= 4 is 23.6 Å². The Bertz CT molecular complexity index is 406. The summed E-state index contributed by atoms with van der Waals surface area (Å²) < 4.78 is 9.51. The molecule has 16 heavy (non-hydrogen) atoms. The Morgan fingerprint density at radius 1 is 1.50 bits per heavy atom. The first kappa shape index (κ1) is 11.1. The Balaban J connectivity index is 2.09. The molecule has 1 heterocycles. The normalized spacial score (nSPS) is 13.5. The fourth-order valence-corrected chi connectivity index (χ4v) is 2.06. The summed E-state index contributed by atoms with van der Waals surface area (Å²) in [6, 6.07) is 5.92. The second-order valence-corrected chi connectivity index (χ2v) is 4.25. The van der Waals surface area contributed by atoms with E-state index in [-0.39, 0.29) is 0 Å². The van der Waals surface area contributed by atoms with Crippen molar-refractivity contribution in [3.8, 4) is 5.75 Å². The summed E-state index contributed by atoms with van der Waals surface area (Å²) in [5.74, 6) is 1.68. The Morgan fingerprint density at radius 2 is 2.38 bits per heavy atom. The number of fused-ring (bicyclic) bond motifs is 1. The molecular weight excluding hydrogens is 222 g/mol. The Hall–Kier alpha value is -1.36. The summed E-state index contributed by atoms with van der Waals surface area (Å²) >= 11 is 1.46. The lowest BCUT2D eigenvalue weighted by Gasteiger charge is -2.18. The highest BCUT2D eigenvalue weighted by atomic mass is 32.2. The van der Waals surface area contributed by atoms with Crippen molar-refractivity contribution in [2.24, 2.45) is 4.40 Å². The zero-order valence-corrected chi connectivity index (χ0v) is 10.2. The van der Waals surface area contributed by atoms with Gasteiger partial charge in [-0.3, -0.25) is 0 Å². The van der Waals surface area contributed by atoms with E-state index in [9.17, 15) is 0 Å². The van der Waals surface area contributed by atoms with Crippen LogP contribution in [0.4, 0.5) is 5.69 Å². The van der Waals surface area contributed by atoms with Crippen molar-refractivity contribution < 1.29 is 4.74 Å². The van der Waals surface area contributed by atoms with Crippen LogP contribution in [0.1, 0.15) is 13.3 Å². The third kappa shape index (κ3) is 2.41. The van der Waals surface area contributed by atoms with Crippen LogP contribution in [0.15, 0.2) is 27.5 Å². The second-order valence-electron chi connectivity index (χ2n) is 3.45. The summed E-state index contributed by atoms with van der Waals surface area (Å²) in [5.41, 5.74) is 1.07. The maximum atomic E-state index is 5.17. The Kier molecular flexibility index (Phi) is 3.56. The molecule has 2 N–H and O–H groups in total. The van der Waals surface area contributed by atoms with E-state index in [4.69, 9.17) is 4.74 Å². The predicted octanol–water partition coefficient (Wildman–Crippen LogP) is 2.48. The van der Waals surface area contributed by atoms with Gasteiger partial charge in [0.05, 0.1) is 17.7 Å². The first-order valence-corrected chi connectivity index (χ1v) is 6.04. The average Bonchev–Trinajstić information content (AvgIpc) is 2.35. The van der Waals surface area contributed by atoms with Gasteiger partial charge in [-0.1, -0.05) is 6.92 Å². The maximum absolute atomic E-state index is 5.17. The molecule has 1 aromatic rings. The molecule has 86 valence electrons. The van der Waals surface area contributed by atoms with Gasteiger partial charge in [-0.05, 0) is 24.6 Å². The summed E-state index contributed by atoms with van der Waals surface area (Å²) in [6.07, 6.45) is 1.08. The van der Waals surface area contributed by atoms with Gasteiger partial charge in [-0.15, -0.1) is 0 Å². The number of hydrogen-bond acceptors (Lipinski definition) is 5. The molecule has 5 heteroatoms. The Morgan fingerprint density at radius 3 is 3.12 bits per heavy atom. The molecule has 0 radical (unpaired) electrons. The zero-order valence-electron chi connectivity index (χ0n) is 9.41. The molecule has 0 bridgehead atoms. The van der Waals surface area contributed by atoms with Crippen LogP contribution in [0, 0.1) is 0 Å². The number of methoxy groups -OCH3 is 1. The molecule has 0 fully saturated rings. The van der Waals surface area contributed by atoms with Gasteiger partial charge in [-0.25, -0.2) is 0 Å². The van der Waals surface area contributed by atoms with Crippen LogP contribution in [0.5, 0.6) is 5.75 Å². The van der Waals surface area contributed by atoms with Crippen molar-refractivity contribution in [3.63, 3.8) is 0 Å². The van der Waals surface area contributed by atoms with Gasteiger partial charge in [-0.2, -0.15) is 4.40 Å². The van der Waals surface area contributed by atoms with Crippen LogP contribution in [0.3, 0.4) is 0 Å². The quantitative estimate of drug-likeness (QED) is 0.793. The number of rotatable bonds is 3. The van der Waals surface area contributed by atoms with Crippen LogP contribution >= 0.6 is 11.9 Å². The van der Waals surface area contributed by atoms with Crippen LogP contribution in [-0.2, 0) is 0 Å². The highest BCUT2D eigenvalue weighted by Crippen LogP contribution is 2.34. The van der Waals surface area contributed by atoms with E-state index < -0.39 is 0 Å². The van der Waals surface area contributed by atoms with Gasteiger partial charge in [0.2, 0.25) is 5.96 Å². The number of guanidine groups is 1. The number of anilines is 1. The number of hydrogen-bond donors (Lipinski definition) is 2. The monoisotopic (exact) mass is 237 g/mol. The largest absolute Gasteiger partial charge is 0.497 e. The van der Waals surface area contributed by atoms with E-state index in [0.29, 0.717) is 0 Å². The van der Waals surface area contributed by atoms with E-state index >= 15 is 0 Å². The van der Waals surface area contributed by atoms with E-state index in [1.807, 2.05) is 18.2 Å². The Labute approximate surface area is 99.6 Å². The molecule has 4 nitrogen and oxygen atoms in total. The summed E-state index contributed by atoms with van der Waals surface area (Å²) in [7, 11) is 1.67. The highest BCUT2D eigenvalue weighted by Gasteiger charge is 2.12. The van der Waals surface area contributed by atoms with Crippen molar-refractivity contribution in [2.75, 3.05) is 19.0 Å². The van der Waals surface area contributed by atoms with Gasteiger partial charge >= 0.3 is 0 Å². The number of nitrogens with one attached hydrogen (secondary N) is 2. The standard InChI is InChI=1S/C11H15N3OS/c1-3-6-12-11-13-9-5-4-8(15-2)7-10(9)16-14-11/h4-5,7H,3,6H2,1-2H3,(H2,12,13,14). The molecule has 0 spiro atoms. The smallest absolute Gasteiger partial charge is 0.207 e. The molecule has 0 atom stereocenters. The molecule has 0 amide bonds. The minimum absolute atomic E-state index is 0.824. The summed E-state index contributed by atoms with van der Waals surface area (Å²) in [6.45, 7) is 3.06. The first-order chi connectivity index (χ1) is 7.83. The lowest BCUT2D eigenvalue weighted by atomic mass is 10.3. The molecule has 0 aromatic heterocycles. The van der Waals surface area contributed by atoms with Crippen LogP contribution in [0.2, 0.25) is 0 Å². The van der Waals surface area contributed by atoms with E-state index in [1.54, 1.807) is 7.11 Å². The molecule has 0 unspecified atom stereocenters. The number of benzene rings is 1. The molecule has 0 saturated carbocycles. The van der Waals surface area contributed by atoms with Gasteiger partial charge in [0.15, 0.2) is 0 Å². The van der Waals surface area contributed by atoms with Crippen molar-refractivity contribution in [2.45, 2.75) is 18.2 Å². The summed E-state index contributed by atoms with van der Waals surface area (Å²) in [4.78, 5) is 1.08. The van der Waals surface area contributed by atoms with E-state index in [2.05, 4.69) is 22.0 Å². The van der Waals surface area contributed by atoms with Crippen LogP contribution in [0.25, 0.3) is 0 Å². The van der Waals surface area contributed by atoms with Crippen molar-refractivity contribution in [3.05, 3.63) is 18.2 Å².